The Morgan fingerprint density at radius 3 is 1.93 bits per heavy atom. The smallest absolute Gasteiger partial charge is 0.422 e. The van der Waals surface area contributed by atoms with Crippen LogP contribution in [0.15, 0.2) is 30.6 Å². The van der Waals surface area contributed by atoms with E-state index in [-0.39, 0.29) is 5.69 Å². The molecule has 0 atom stereocenters. The summed E-state index contributed by atoms with van der Waals surface area (Å²) in [6, 6.07) is 2.09. The van der Waals surface area contributed by atoms with E-state index in [1.807, 2.05) is 6.92 Å². The number of anilines is 2. The molecule has 1 aromatic carbocycles. The average Bonchev–Trinajstić information content (AvgIpc) is 3.04. The number of aromatic nitrogens is 2. The first kappa shape index (κ1) is 22.2. The third-order valence-corrected chi connectivity index (χ3v) is 3.16. The van der Waals surface area contributed by atoms with Gasteiger partial charge in [-0.3, -0.25) is 4.68 Å². The molecule has 0 aliphatic rings. The van der Waals surface area contributed by atoms with Gasteiger partial charge in [0.15, 0.2) is 13.2 Å². The van der Waals surface area contributed by atoms with Crippen LogP contribution in [-0.4, -0.2) is 41.4 Å². The van der Waals surface area contributed by atoms with Crippen molar-refractivity contribution in [3.63, 3.8) is 0 Å². The fourth-order valence-electron chi connectivity index (χ4n) is 2.04. The molecule has 2 N–H and O–H groups in total. The molecule has 29 heavy (non-hydrogen) atoms. The predicted molar refractivity (Wildman–Crippen MR) is 90.1 cm³/mol. The predicted octanol–water partition coefficient (Wildman–Crippen LogP) is 4.43. The topological polar surface area (TPSA) is 77.4 Å². The van der Waals surface area contributed by atoms with Gasteiger partial charge in [0.05, 0.1) is 11.9 Å². The molecule has 0 unspecified atom stereocenters. The summed E-state index contributed by atoms with van der Waals surface area (Å²) < 4.78 is 84.6. The molecule has 0 aliphatic heterocycles. The molecule has 160 valence electrons. The minimum Gasteiger partial charge on any atom is -0.484 e. The molecule has 2 rings (SSSR count). The van der Waals surface area contributed by atoms with Crippen molar-refractivity contribution in [2.45, 2.75) is 25.8 Å². The number of halogens is 6. The van der Waals surface area contributed by atoms with Crippen LogP contribution in [0.3, 0.4) is 0 Å². The normalized spacial score (nSPS) is 11.8. The molecule has 13 heteroatoms. The molecule has 0 bridgehead atoms. The van der Waals surface area contributed by atoms with E-state index in [9.17, 15) is 31.1 Å². The first-order chi connectivity index (χ1) is 13.4. The Hall–Kier alpha value is -3.12. The highest BCUT2D eigenvalue weighted by molar-refractivity contribution is 5.99. The van der Waals surface area contributed by atoms with Gasteiger partial charge >= 0.3 is 18.4 Å². The van der Waals surface area contributed by atoms with Crippen LogP contribution >= 0.6 is 0 Å². The van der Waals surface area contributed by atoms with Gasteiger partial charge in [-0.05, 0) is 6.92 Å². The van der Waals surface area contributed by atoms with Gasteiger partial charge in [0, 0.05) is 36.6 Å². The first-order valence-corrected chi connectivity index (χ1v) is 8.08. The van der Waals surface area contributed by atoms with Crippen LogP contribution < -0.4 is 20.1 Å². The van der Waals surface area contributed by atoms with E-state index < -0.39 is 43.1 Å². The van der Waals surface area contributed by atoms with Crippen LogP contribution in [-0.2, 0) is 6.54 Å². The van der Waals surface area contributed by atoms with E-state index in [1.54, 1.807) is 0 Å². The van der Waals surface area contributed by atoms with Crippen LogP contribution in [0.4, 0.5) is 42.5 Å². The van der Waals surface area contributed by atoms with Crippen molar-refractivity contribution < 1.29 is 40.6 Å². The number of hydrogen-bond acceptors (Lipinski definition) is 4. The summed E-state index contributed by atoms with van der Waals surface area (Å²) >= 11 is 0. The maximum Gasteiger partial charge on any atom is 0.422 e. The van der Waals surface area contributed by atoms with E-state index in [4.69, 9.17) is 0 Å². The number of benzene rings is 1. The lowest BCUT2D eigenvalue weighted by Crippen LogP contribution is -2.21. The third-order valence-electron chi connectivity index (χ3n) is 3.16. The molecule has 1 heterocycles. The molecular formula is C16H16F6N4O3. The molecule has 0 fully saturated rings. The SMILES string of the molecule is CCn1cc(NC(=O)Nc2cc(OCC(F)(F)F)cc(OCC(F)(F)F)c2)cn1. The summed E-state index contributed by atoms with van der Waals surface area (Å²) in [5.41, 5.74) is 0.199. The van der Waals surface area contributed by atoms with Gasteiger partial charge in [0.1, 0.15) is 11.5 Å². The Balaban J connectivity index is 2.13. The average molecular weight is 426 g/mol. The number of alkyl halides is 6. The Bertz CT molecular complexity index is 799. The van der Waals surface area contributed by atoms with Crippen molar-refractivity contribution in [2.75, 3.05) is 23.8 Å². The van der Waals surface area contributed by atoms with Gasteiger partial charge in [0.2, 0.25) is 0 Å². The van der Waals surface area contributed by atoms with Crippen LogP contribution in [0, 0.1) is 0 Å². The number of rotatable bonds is 7. The number of carbonyl (C=O) groups is 1. The zero-order chi connectivity index (χ0) is 21.7. The zero-order valence-corrected chi connectivity index (χ0v) is 14.9. The number of aryl methyl sites for hydroxylation is 1. The third kappa shape index (κ3) is 8.19. The fraction of sp³-hybridized carbons (Fsp3) is 0.375. The lowest BCUT2D eigenvalue weighted by molar-refractivity contribution is -0.153. The van der Waals surface area contributed by atoms with Crippen LogP contribution in [0.2, 0.25) is 0 Å². The second kappa shape index (κ2) is 8.92. The molecule has 2 aromatic rings. The standard InChI is InChI=1S/C16H16F6N4O3/c1-2-26-7-11(6-23-26)25-14(27)24-10-3-12(28-8-15(17,18)19)5-13(4-10)29-9-16(20,21)22/h3-7H,2,8-9H2,1H3,(H2,24,25,27). The lowest BCUT2D eigenvalue weighted by Gasteiger charge is -2.15. The van der Waals surface area contributed by atoms with Crippen molar-refractivity contribution in [3.8, 4) is 11.5 Å². The van der Waals surface area contributed by atoms with Gasteiger partial charge in [-0.25, -0.2) is 4.79 Å². The van der Waals surface area contributed by atoms with Crippen LogP contribution in [0.5, 0.6) is 11.5 Å². The van der Waals surface area contributed by atoms with Gasteiger partial charge in [-0.2, -0.15) is 31.4 Å². The first-order valence-electron chi connectivity index (χ1n) is 8.08. The largest absolute Gasteiger partial charge is 0.484 e. The Morgan fingerprint density at radius 2 is 1.48 bits per heavy atom. The molecule has 0 saturated carbocycles. The Kier molecular flexibility index (Phi) is 6.82. The van der Waals surface area contributed by atoms with Crippen LogP contribution in [0.1, 0.15) is 6.92 Å². The maximum absolute atomic E-state index is 12.3. The molecule has 0 spiro atoms. The summed E-state index contributed by atoms with van der Waals surface area (Å²) in [6.45, 7) is -0.956. The maximum atomic E-state index is 12.3. The number of nitrogens with zero attached hydrogens (tertiary/aromatic N) is 2. The van der Waals surface area contributed by atoms with E-state index in [2.05, 4.69) is 25.2 Å². The monoisotopic (exact) mass is 426 g/mol. The van der Waals surface area contributed by atoms with Crippen molar-refractivity contribution in [3.05, 3.63) is 30.6 Å². The van der Waals surface area contributed by atoms with Gasteiger partial charge in [-0.1, -0.05) is 0 Å². The fourth-order valence-corrected chi connectivity index (χ4v) is 2.04. The van der Waals surface area contributed by atoms with Gasteiger partial charge < -0.3 is 20.1 Å². The van der Waals surface area contributed by atoms with Gasteiger partial charge in [-0.15, -0.1) is 0 Å². The minimum atomic E-state index is -4.66. The van der Waals surface area contributed by atoms with Gasteiger partial charge in [0.25, 0.3) is 0 Å². The molecule has 0 saturated heterocycles. The number of ether oxygens (including phenoxy) is 2. The van der Waals surface area contributed by atoms with E-state index in [0.717, 1.165) is 18.2 Å². The Morgan fingerprint density at radius 1 is 0.966 bits per heavy atom. The lowest BCUT2D eigenvalue weighted by atomic mass is 10.2. The highest BCUT2D eigenvalue weighted by Gasteiger charge is 2.30. The molecule has 0 radical (unpaired) electrons. The second-order valence-electron chi connectivity index (χ2n) is 5.66. The van der Waals surface area contributed by atoms with Crippen molar-refractivity contribution in [2.24, 2.45) is 0 Å². The summed E-state index contributed by atoms with van der Waals surface area (Å²) in [5.74, 6) is -0.868. The molecule has 7 nitrogen and oxygen atoms in total. The second-order valence-corrected chi connectivity index (χ2v) is 5.66. The van der Waals surface area contributed by atoms with Crippen molar-refractivity contribution >= 4 is 17.4 Å². The van der Waals surface area contributed by atoms with Crippen molar-refractivity contribution in [1.82, 2.24) is 9.78 Å². The Labute approximate surface area is 160 Å². The number of nitrogens with one attached hydrogen (secondary N) is 2. The van der Waals surface area contributed by atoms with Crippen molar-refractivity contribution in [1.29, 1.82) is 0 Å². The summed E-state index contributed by atoms with van der Waals surface area (Å²) in [5, 5.41) is 8.64. The molecule has 2 amide bonds. The van der Waals surface area contributed by atoms with Crippen LogP contribution in [0.25, 0.3) is 0 Å². The summed E-state index contributed by atoms with van der Waals surface area (Å²) in [4.78, 5) is 12.0. The minimum absolute atomic E-state index is 0.137. The molecular weight excluding hydrogens is 410 g/mol. The van der Waals surface area contributed by atoms with E-state index in [1.165, 1.54) is 17.1 Å². The number of urea groups is 1. The van der Waals surface area contributed by atoms with E-state index in [0.29, 0.717) is 12.2 Å². The molecule has 0 aliphatic carbocycles. The summed E-state index contributed by atoms with van der Waals surface area (Å²) in [7, 11) is 0. The zero-order valence-electron chi connectivity index (χ0n) is 14.9. The van der Waals surface area contributed by atoms with E-state index >= 15 is 0 Å². The highest BCUT2D eigenvalue weighted by atomic mass is 19.4. The summed E-state index contributed by atoms with van der Waals surface area (Å²) in [6.07, 6.45) is -6.43. The number of carbonyl (C=O) groups excluding carboxylic acids is 1. The number of amides is 2. The highest BCUT2D eigenvalue weighted by Crippen LogP contribution is 2.29. The number of hydrogen-bond donors (Lipinski definition) is 2. The molecule has 1 aromatic heterocycles. The quantitative estimate of drug-likeness (QED) is 0.643.